The Morgan fingerprint density at radius 3 is 2.53 bits per heavy atom. The number of nitro groups is 1. The highest BCUT2D eigenvalue weighted by atomic mass is 16.6. The molecule has 0 aliphatic carbocycles. The Morgan fingerprint density at radius 2 is 2.05 bits per heavy atom. The fraction of sp³-hybridized carbons (Fsp3) is 0.769. The van der Waals surface area contributed by atoms with Crippen LogP contribution in [-0.2, 0) is 4.79 Å². The van der Waals surface area contributed by atoms with Crippen LogP contribution in [0.1, 0.15) is 51.9 Å². The lowest BCUT2D eigenvalue weighted by atomic mass is 9.93. The predicted molar refractivity (Wildman–Crippen MR) is 73.3 cm³/mol. The quantitative estimate of drug-likeness (QED) is 0.343. The second kappa shape index (κ2) is 10.3. The molecule has 0 aliphatic rings. The molecule has 0 rings (SSSR count). The van der Waals surface area contributed by atoms with Crippen LogP contribution in [0.15, 0.2) is 11.9 Å². The van der Waals surface area contributed by atoms with Gasteiger partial charge in [-0.2, -0.15) is 0 Å². The van der Waals surface area contributed by atoms with Crippen molar-refractivity contribution in [3.8, 4) is 0 Å². The van der Waals surface area contributed by atoms with Crippen LogP contribution in [0, 0.1) is 16.0 Å². The fourth-order valence-electron chi connectivity index (χ4n) is 2.14. The van der Waals surface area contributed by atoms with Crippen molar-refractivity contribution in [2.45, 2.75) is 51.9 Å². The van der Waals surface area contributed by atoms with Crippen molar-refractivity contribution >= 4 is 5.97 Å². The molecule has 6 heteroatoms. The minimum atomic E-state index is -0.769. The Labute approximate surface area is 114 Å². The zero-order chi connectivity index (χ0) is 14.7. The minimum absolute atomic E-state index is 0.158. The molecule has 0 fully saturated rings. The summed E-state index contributed by atoms with van der Waals surface area (Å²) in [6.07, 6.45) is 6.38. The maximum Gasteiger partial charge on any atom is 0.303 e. The molecule has 0 aromatic rings. The van der Waals surface area contributed by atoms with Gasteiger partial charge in [-0.25, -0.2) is 0 Å². The van der Waals surface area contributed by atoms with Crippen molar-refractivity contribution in [1.29, 1.82) is 0 Å². The molecule has 0 amide bonds. The number of nitrogens with one attached hydrogen (secondary N) is 1. The molecule has 0 aromatic heterocycles. The topological polar surface area (TPSA) is 92.5 Å². The third-order valence-electron chi connectivity index (χ3n) is 3.05. The number of rotatable bonds is 11. The van der Waals surface area contributed by atoms with E-state index in [0.29, 0.717) is 12.1 Å². The Kier molecular flexibility index (Phi) is 9.48. The highest BCUT2D eigenvalue weighted by Crippen LogP contribution is 2.22. The van der Waals surface area contributed by atoms with Crippen molar-refractivity contribution in [1.82, 2.24) is 5.32 Å². The van der Waals surface area contributed by atoms with Crippen molar-refractivity contribution < 1.29 is 14.8 Å². The number of aliphatic carboxylic acids is 1. The average molecular weight is 272 g/mol. The Bertz CT molecular complexity index is 316. The molecule has 0 radical (unpaired) electrons. The van der Waals surface area contributed by atoms with Gasteiger partial charge in [-0.1, -0.05) is 26.2 Å². The SMILES string of the molecule is CCCC(CCCCCC(=O)O)C(=C[N+](=O)[O-])NC. The molecule has 0 aromatic carbocycles. The number of allylic oxidation sites excluding steroid dienone is 1. The summed E-state index contributed by atoms with van der Waals surface area (Å²) in [5.74, 6) is -0.612. The van der Waals surface area contributed by atoms with E-state index in [9.17, 15) is 14.9 Å². The van der Waals surface area contributed by atoms with E-state index in [1.165, 1.54) is 0 Å². The lowest BCUT2D eigenvalue weighted by Gasteiger charge is -2.17. The number of hydrogen-bond donors (Lipinski definition) is 2. The molecule has 2 N–H and O–H groups in total. The highest BCUT2D eigenvalue weighted by molar-refractivity contribution is 5.66. The van der Waals surface area contributed by atoms with Crippen molar-refractivity contribution in [2.24, 2.45) is 5.92 Å². The smallest absolute Gasteiger partial charge is 0.303 e. The van der Waals surface area contributed by atoms with Crippen LogP contribution in [0.4, 0.5) is 0 Å². The second-order valence-electron chi connectivity index (χ2n) is 4.60. The monoisotopic (exact) mass is 272 g/mol. The standard InChI is InChI=1S/C13H24N2O4/c1-3-7-11(12(14-2)10-15(18)19)8-5-4-6-9-13(16)17/h10-11,14H,3-9H2,1-2H3,(H,16,17). The van der Waals surface area contributed by atoms with Crippen LogP contribution in [0.25, 0.3) is 0 Å². The van der Waals surface area contributed by atoms with Crippen LogP contribution >= 0.6 is 0 Å². The third kappa shape index (κ3) is 9.04. The molecule has 0 aliphatic heterocycles. The van der Waals surface area contributed by atoms with Crippen molar-refractivity contribution in [2.75, 3.05) is 7.05 Å². The van der Waals surface area contributed by atoms with E-state index in [-0.39, 0.29) is 12.3 Å². The largest absolute Gasteiger partial charge is 0.481 e. The zero-order valence-electron chi connectivity index (χ0n) is 11.7. The van der Waals surface area contributed by atoms with Gasteiger partial charge in [0.25, 0.3) is 6.20 Å². The number of hydrogen-bond acceptors (Lipinski definition) is 4. The molecule has 0 spiro atoms. The van der Waals surface area contributed by atoms with Gasteiger partial charge in [0, 0.05) is 19.4 Å². The predicted octanol–water partition coefficient (Wildman–Crippen LogP) is 2.78. The molecule has 6 nitrogen and oxygen atoms in total. The summed E-state index contributed by atoms with van der Waals surface area (Å²) in [6, 6.07) is 0. The molecule has 0 saturated heterocycles. The molecular formula is C13H24N2O4. The van der Waals surface area contributed by atoms with Crippen LogP contribution in [0.2, 0.25) is 0 Å². The first kappa shape index (κ1) is 17.4. The lowest BCUT2D eigenvalue weighted by molar-refractivity contribution is -0.404. The molecular weight excluding hydrogens is 248 g/mol. The first-order valence-corrected chi connectivity index (χ1v) is 6.76. The summed E-state index contributed by atoms with van der Waals surface area (Å²) in [5, 5.41) is 22.0. The van der Waals surface area contributed by atoms with E-state index in [0.717, 1.165) is 38.3 Å². The zero-order valence-corrected chi connectivity index (χ0v) is 11.7. The van der Waals surface area contributed by atoms with Crippen molar-refractivity contribution in [3.63, 3.8) is 0 Å². The number of carboxylic acids is 1. The van der Waals surface area contributed by atoms with Gasteiger partial charge in [-0.15, -0.1) is 0 Å². The van der Waals surface area contributed by atoms with E-state index in [1.807, 2.05) is 0 Å². The number of carbonyl (C=O) groups is 1. The molecule has 1 atom stereocenters. The van der Waals surface area contributed by atoms with E-state index >= 15 is 0 Å². The molecule has 0 bridgehead atoms. The van der Waals surface area contributed by atoms with Gasteiger partial charge in [0.1, 0.15) is 0 Å². The molecule has 110 valence electrons. The van der Waals surface area contributed by atoms with Crippen LogP contribution < -0.4 is 5.32 Å². The van der Waals surface area contributed by atoms with Crippen LogP contribution in [0.3, 0.4) is 0 Å². The molecule has 0 heterocycles. The third-order valence-corrected chi connectivity index (χ3v) is 3.05. The summed E-state index contributed by atoms with van der Waals surface area (Å²) in [6.45, 7) is 2.05. The van der Waals surface area contributed by atoms with Gasteiger partial charge in [0.05, 0.1) is 10.6 Å². The Morgan fingerprint density at radius 1 is 1.37 bits per heavy atom. The highest BCUT2D eigenvalue weighted by Gasteiger charge is 2.15. The van der Waals surface area contributed by atoms with Crippen LogP contribution in [-0.4, -0.2) is 23.0 Å². The molecule has 19 heavy (non-hydrogen) atoms. The maximum atomic E-state index is 10.6. The van der Waals surface area contributed by atoms with Gasteiger partial charge < -0.3 is 10.4 Å². The number of nitrogens with zero attached hydrogens (tertiary/aromatic N) is 1. The summed E-state index contributed by atoms with van der Waals surface area (Å²) in [7, 11) is 1.70. The summed E-state index contributed by atoms with van der Waals surface area (Å²) >= 11 is 0. The van der Waals surface area contributed by atoms with Crippen LogP contribution in [0.5, 0.6) is 0 Å². The average Bonchev–Trinajstić information content (AvgIpc) is 2.33. The van der Waals surface area contributed by atoms with Gasteiger partial charge in [0.2, 0.25) is 0 Å². The van der Waals surface area contributed by atoms with Gasteiger partial charge in [-0.05, 0) is 19.3 Å². The lowest BCUT2D eigenvalue weighted by Crippen LogP contribution is -2.18. The van der Waals surface area contributed by atoms with E-state index in [4.69, 9.17) is 5.11 Å². The molecule has 0 saturated carbocycles. The first-order valence-electron chi connectivity index (χ1n) is 6.76. The first-order chi connectivity index (χ1) is 9.01. The molecule has 1 unspecified atom stereocenters. The minimum Gasteiger partial charge on any atom is -0.481 e. The fourth-order valence-corrected chi connectivity index (χ4v) is 2.14. The van der Waals surface area contributed by atoms with E-state index in [1.54, 1.807) is 7.05 Å². The summed E-state index contributed by atoms with van der Waals surface area (Å²) in [5.41, 5.74) is 0.657. The van der Waals surface area contributed by atoms with Gasteiger partial charge in [0.15, 0.2) is 0 Å². The van der Waals surface area contributed by atoms with E-state index in [2.05, 4.69) is 12.2 Å². The number of carboxylic acid groups (broad SMARTS) is 1. The van der Waals surface area contributed by atoms with Gasteiger partial charge in [-0.3, -0.25) is 14.9 Å². The van der Waals surface area contributed by atoms with Crippen molar-refractivity contribution in [3.05, 3.63) is 22.0 Å². The van der Waals surface area contributed by atoms with E-state index < -0.39 is 10.9 Å². The second-order valence-corrected chi connectivity index (χ2v) is 4.60. The maximum absolute atomic E-state index is 10.6. The number of unbranched alkanes of at least 4 members (excludes halogenated alkanes) is 2. The summed E-state index contributed by atoms with van der Waals surface area (Å²) in [4.78, 5) is 20.5. The summed E-state index contributed by atoms with van der Waals surface area (Å²) < 4.78 is 0. The normalized spacial score (nSPS) is 13.1. The Balaban J connectivity index is 4.24. The Hall–Kier alpha value is -1.59. The van der Waals surface area contributed by atoms with Gasteiger partial charge >= 0.3 is 5.97 Å².